The molecule has 0 bridgehead atoms. The van der Waals surface area contributed by atoms with Crippen LogP contribution in [0.2, 0.25) is 0 Å². The summed E-state index contributed by atoms with van der Waals surface area (Å²) in [7, 11) is 0. The lowest BCUT2D eigenvalue weighted by Gasteiger charge is -2.12. The molecule has 0 aliphatic rings. The van der Waals surface area contributed by atoms with Gasteiger partial charge in [0.15, 0.2) is 0 Å². The van der Waals surface area contributed by atoms with Crippen LogP contribution in [0.5, 0.6) is 0 Å². The standard InChI is InChI=1S/C21H21N3O2/c1-13-9-14(2)20(15(3)10-13)24-21(26)18(12-22)11-17-5-7-19(8-6-17)23-16(4)25/h5-11H,1-4H3,(H,23,25)(H,24,26)/b18-11-. The maximum Gasteiger partial charge on any atom is 0.266 e. The first-order chi connectivity index (χ1) is 12.3. The van der Waals surface area contributed by atoms with Gasteiger partial charge in [-0.05, 0) is 55.7 Å². The number of nitrogens with one attached hydrogen (secondary N) is 2. The number of carbonyl (C=O) groups excluding carboxylic acids is 2. The average molecular weight is 347 g/mol. The van der Waals surface area contributed by atoms with Gasteiger partial charge in [-0.25, -0.2) is 0 Å². The highest BCUT2D eigenvalue weighted by Crippen LogP contribution is 2.23. The Bertz CT molecular complexity index is 896. The van der Waals surface area contributed by atoms with Crippen molar-refractivity contribution in [3.63, 3.8) is 0 Å². The van der Waals surface area contributed by atoms with Crippen molar-refractivity contribution in [3.8, 4) is 6.07 Å². The van der Waals surface area contributed by atoms with Gasteiger partial charge in [0.1, 0.15) is 11.6 Å². The van der Waals surface area contributed by atoms with Crippen LogP contribution in [0.15, 0.2) is 42.0 Å². The quantitative estimate of drug-likeness (QED) is 0.645. The number of nitrogens with zero attached hydrogens (tertiary/aromatic N) is 1. The van der Waals surface area contributed by atoms with Gasteiger partial charge >= 0.3 is 0 Å². The van der Waals surface area contributed by atoms with Gasteiger partial charge in [0.05, 0.1) is 0 Å². The van der Waals surface area contributed by atoms with E-state index in [2.05, 4.69) is 10.6 Å². The molecule has 0 aromatic heterocycles. The lowest BCUT2D eigenvalue weighted by molar-refractivity contribution is -0.114. The summed E-state index contributed by atoms with van der Waals surface area (Å²) in [5, 5.41) is 14.9. The molecule has 2 rings (SSSR count). The summed E-state index contributed by atoms with van der Waals surface area (Å²) in [4.78, 5) is 23.5. The van der Waals surface area contributed by atoms with Gasteiger partial charge in [-0.1, -0.05) is 29.8 Å². The number of aryl methyl sites for hydroxylation is 3. The van der Waals surface area contributed by atoms with E-state index in [0.29, 0.717) is 11.3 Å². The summed E-state index contributed by atoms with van der Waals surface area (Å²) >= 11 is 0. The topological polar surface area (TPSA) is 82.0 Å². The number of amides is 2. The summed E-state index contributed by atoms with van der Waals surface area (Å²) in [6.07, 6.45) is 1.52. The smallest absolute Gasteiger partial charge is 0.266 e. The molecule has 132 valence electrons. The first-order valence-electron chi connectivity index (χ1n) is 8.19. The lowest BCUT2D eigenvalue weighted by atomic mass is 10.0. The summed E-state index contributed by atoms with van der Waals surface area (Å²) in [6.45, 7) is 7.27. The zero-order valence-electron chi connectivity index (χ0n) is 15.3. The highest BCUT2D eigenvalue weighted by molar-refractivity contribution is 6.10. The Hall–Kier alpha value is -3.39. The van der Waals surface area contributed by atoms with Crippen molar-refractivity contribution in [2.24, 2.45) is 0 Å². The third-order valence-electron chi connectivity index (χ3n) is 3.82. The number of hydrogen-bond donors (Lipinski definition) is 2. The fraction of sp³-hybridized carbons (Fsp3) is 0.190. The largest absolute Gasteiger partial charge is 0.326 e. The second kappa shape index (κ2) is 8.13. The number of benzene rings is 2. The van der Waals surface area contributed by atoms with Crippen LogP contribution in [0, 0.1) is 32.1 Å². The predicted molar refractivity (Wildman–Crippen MR) is 104 cm³/mol. The number of hydrogen-bond acceptors (Lipinski definition) is 3. The van der Waals surface area contributed by atoms with E-state index in [9.17, 15) is 14.9 Å². The van der Waals surface area contributed by atoms with Gasteiger partial charge < -0.3 is 10.6 Å². The molecular weight excluding hydrogens is 326 g/mol. The van der Waals surface area contributed by atoms with Gasteiger partial charge in [-0.15, -0.1) is 0 Å². The highest BCUT2D eigenvalue weighted by Gasteiger charge is 2.13. The maximum atomic E-state index is 12.5. The summed E-state index contributed by atoms with van der Waals surface area (Å²) < 4.78 is 0. The molecule has 2 amide bonds. The molecular formula is C21H21N3O2. The molecule has 5 nitrogen and oxygen atoms in total. The fourth-order valence-corrected chi connectivity index (χ4v) is 2.74. The molecule has 0 saturated carbocycles. The van der Waals surface area contributed by atoms with Crippen molar-refractivity contribution in [2.45, 2.75) is 27.7 Å². The Morgan fingerprint density at radius 2 is 1.58 bits per heavy atom. The molecule has 0 spiro atoms. The van der Waals surface area contributed by atoms with E-state index in [1.165, 1.54) is 13.0 Å². The minimum Gasteiger partial charge on any atom is -0.326 e. The van der Waals surface area contributed by atoms with E-state index < -0.39 is 5.91 Å². The van der Waals surface area contributed by atoms with Crippen LogP contribution in [0.1, 0.15) is 29.2 Å². The average Bonchev–Trinajstić information content (AvgIpc) is 2.56. The molecule has 0 aliphatic heterocycles. The Balaban J connectivity index is 2.22. The third-order valence-corrected chi connectivity index (χ3v) is 3.82. The van der Waals surface area contributed by atoms with E-state index in [4.69, 9.17) is 0 Å². The molecule has 26 heavy (non-hydrogen) atoms. The Kier molecular flexibility index (Phi) is 5.92. The second-order valence-corrected chi connectivity index (χ2v) is 6.20. The predicted octanol–water partition coefficient (Wildman–Crippen LogP) is 4.12. The van der Waals surface area contributed by atoms with Crippen molar-refractivity contribution >= 4 is 29.3 Å². The van der Waals surface area contributed by atoms with Gasteiger partial charge in [-0.3, -0.25) is 9.59 Å². The highest BCUT2D eigenvalue weighted by atomic mass is 16.2. The first-order valence-corrected chi connectivity index (χ1v) is 8.19. The van der Waals surface area contributed by atoms with Crippen LogP contribution in [0.3, 0.4) is 0 Å². The van der Waals surface area contributed by atoms with Gasteiger partial charge in [0.25, 0.3) is 5.91 Å². The summed E-state index contributed by atoms with van der Waals surface area (Å²) in [6, 6.07) is 12.8. The minimum absolute atomic E-state index is 0.0108. The van der Waals surface area contributed by atoms with Crippen LogP contribution in [-0.4, -0.2) is 11.8 Å². The molecule has 0 saturated heterocycles. The van der Waals surface area contributed by atoms with Crippen LogP contribution in [-0.2, 0) is 9.59 Å². The Labute approximate surface area is 153 Å². The molecule has 0 atom stereocenters. The molecule has 0 radical (unpaired) electrons. The minimum atomic E-state index is -0.450. The van der Waals surface area contributed by atoms with E-state index in [0.717, 1.165) is 22.4 Å². The van der Waals surface area contributed by atoms with Crippen LogP contribution < -0.4 is 10.6 Å². The molecule has 0 unspecified atom stereocenters. The summed E-state index contributed by atoms with van der Waals surface area (Å²) in [5.74, 6) is -0.609. The van der Waals surface area contributed by atoms with E-state index in [1.807, 2.05) is 39.0 Å². The Morgan fingerprint density at radius 3 is 2.08 bits per heavy atom. The SMILES string of the molecule is CC(=O)Nc1ccc(/C=C(/C#N)C(=O)Nc2c(C)cc(C)cc2C)cc1. The van der Waals surface area contributed by atoms with Crippen molar-refractivity contribution in [3.05, 3.63) is 64.2 Å². The lowest BCUT2D eigenvalue weighted by Crippen LogP contribution is -2.15. The van der Waals surface area contributed by atoms with E-state index >= 15 is 0 Å². The molecule has 2 aromatic carbocycles. The zero-order chi connectivity index (χ0) is 19.3. The van der Waals surface area contributed by atoms with Gasteiger partial charge in [-0.2, -0.15) is 5.26 Å². The van der Waals surface area contributed by atoms with Crippen LogP contribution in [0.25, 0.3) is 6.08 Å². The summed E-state index contributed by atoms with van der Waals surface area (Å²) in [5.41, 5.74) is 5.11. The molecule has 2 aromatic rings. The third kappa shape index (κ3) is 4.81. The number of rotatable bonds is 4. The van der Waals surface area contributed by atoms with E-state index in [-0.39, 0.29) is 11.5 Å². The first kappa shape index (κ1) is 18.9. The number of nitriles is 1. The molecule has 2 N–H and O–H groups in total. The van der Waals surface area contributed by atoms with Gasteiger partial charge in [0.2, 0.25) is 5.91 Å². The number of carbonyl (C=O) groups is 2. The van der Waals surface area contributed by atoms with Crippen molar-refractivity contribution in [1.82, 2.24) is 0 Å². The molecule has 5 heteroatoms. The number of anilines is 2. The Morgan fingerprint density at radius 1 is 1.00 bits per heavy atom. The van der Waals surface area contributed by atoms with Crippen LogP contribution >= 0.6 is 0 Å². The van der Waals surface area contributed by atoms with Crippen LogP contribution in [0.4, 0.5) is 11.4 Å². The van der Waals surface area contributed by atoms with Crippen molar-refractivity contribution in [2.75, 3.05) is 10.6 Å². The van der Waals surface area contributed by atoms with Crippen molar-refractivity contribution in [1.29, 1.82) is 5.26 Å². The molecule has 0 heterocycles. The zero-order valence-corrected chi connectivity index (χ0v) is 15.3. The van der Waals surface area contributed by atoms with Gasteiger partial charge in [0, 0.05) is 18.3 Å². The molecule has 0 aliphatic carbocycles. The molecule has 0 fully saturated rings. The maximum absolute atomic E-state index is 12.5. The second-order valence-electron chi connectivity index (χ2n) is 6.20. The van der Waals surface area contributed by atoms with Crippen molar-refractivity contribution < 1.29 is 9.59 Å². The fourth-order valence-electron chi connectivity index (χ4n) is 2.74. The van der Waals surface area contributed by atoms with E-state index in [1.54, 1.807) is 24.3 Å². The monoisotopic (exact) mass is 347 g/mol. The normalized spacial score (nSPS) is 10.8.